The van der Waals surface area contributed by atoms with E-state index in [2.05, 4.69) is 47.4 Å². The summed E-state index contributed by atoms with van der Waals surface area (Å²) in [6, 6.07) is 20.7. The van der Waals surface area contributed by atoms with E-state index in [-0.39, 0.29) is 11.9 Å². The first-order chi connectivity index (χ1) is 13.7. The van der Waals surface area contributed by atoms with Gasteiger partial charge in [0.2, 0.25) is 5.91 Å². The molecule has 28 heavy (non-hydrogen) atoms. The van der Waals surface area contributed by atoms with E-state index in [4.69, 9.17) is 0 Å². The molecule has 0 aliphatic carbocycles. The number of hydrogen-bond donors (Lipinski definition) is 1. The molecule has 4 nitrogen and oxygen atoms in total. The van der Waals surface area contributed by atoms with Crippen LogP contribution in [0, 0.1) is 5.92 Å². The van der Waals surface area contributed by atoms with E-state index in [1.165, 1.54) is 11.1 Å². The first-order valence-electron chi connectivity index (χ1n) is 10.5. The number of amides is 1. The Kier molecular flexibility index (Phi) is 6.08. The molecule has 4 rings (SSSR count). The summed E-state index contributed by atoms with van der Waals surface area (Å²) in [7, 11) is 0. The zero-order valence-corrected chi connectivity index (χ0v) is 16.4. The quantitative estimate of drug-likeness (QED) is 0.869. The highest BCUT2D eigenvalue weighted by atomic mass is 16.3. The number of piperidine rings is 1. The zero-order valence-electron chi connectivity index (χ0n) is 16.4. The van der Waals surface area contributed by atoms with Crippen molar-refractivity contribution < 1.29 is 9.90 Å². The third-order valence-corrected chi connectivity index (χ3v) is 6.19. The standard InChI is InChI=1S/C24H30N2O2/c27-22-16-23(26(18-22)17-21-9-5-2-6-10-21)24(28)25-13-11-20(12-14-25)15-19-7-3-1-4-8-19/h1-10,20,22-23,27H,11-18H2/t22-,23?/m1/s1. The van der Waals surface area contributed by atoms with Gasteiger partial charge < -0.3 is 10.0 Å². The van der Waals surface area contributed by atoms with Gasteiger partial charge in [-0.25, -0.2) is 0 Å². The van der Waals surface area contributed by atoms with Gasteiger partial charge >= 0.3 is 0 Å². The van der Waals surface area contributed by atoms with Crippen molar-refractivity contribution >= 4 is 5.91 Å². The first-order valence-corrected chi connectivity index (χ1v) is 10.5. The van der Waals surface area contributed by atoms with Crippen LogP contribution in [0.5, 0.6) is 0 Å². The van der Waals surface area contributed by atoms with Crippen LogP contribution in [-0.2, 0) is 17.8 Å². The molecule has 1 N–H and O–H groups in total. The molecule has 2 atom stereocenters. The first kappa shape index (κ1) is 19.2. The Hall–Kier alpha value is -2.17. The lowest BCUT2D eigenvalue weighted by atomic mass is 9.90. The van der Waals surface area contributed by atoms with Gasteiger partial charge in [0, 0.05) is 26.2 Å². The SMILES string of the molecule is O=C(C1C[C@@H](O)CN1Cc1ccccc1)N1CCC(Cc2ccccc2)CC1. The van der Waals surface area contributed by atoms with Gasteiger partial charge in [0.1, 0.15) is 0 Å². The van der Waals surface area contributed by atoms with Gasteiger partial charge in [-0.3, -0.25) is 9.69 Å². The molecule has 1 unspecified atom stereocenters. The fourth-order valence-corrected chi connectivity index (χ4v) is 4.64. The Balaban J connectivity index is 1.33. The van der Waals surface area contributed by atoms with E-state index >= 15 is 0 Å². The number of carbonyl (C=O) groups excluding carboxylic acids is 1. The van der Waals surface area contributed by atoms with Crippen LogP contribution in [0.1, 0.15) is 30.4 Å². The van der Waals surface area contributed by atoms with Gasteiger partial charge in [-0.2, -0.15) is 0 Å². The third-order valence-electron chi connectivity index (χ3n) is 6.19. The minimum atomic E-state index is -0.409. The van der Waals surface area contributed by atoms with Crippen molar-refractivity contribution in [1.29, 1.82) is 0 Å². The monoisotopic (exact) mass is 378 g/mol. The second-order valence-electron chi connectivity index (χ2n) is 8.28. The average Bonchev–Trinajstić information content (AvgIpc) is 3.09. The fraction of sp³-hybridized carbons (Fsp3) is 0.458. The maximum atomic E-state index is 13.2. The van der Waals surface area contributed by atoms with Gasteiger partial charge in [0.05, 0.1) is 12.1 Å². The lowest BCUT2D eigenvalue weighted by Crippen LogP contribution is -2.48. The van der Waals surface area contributed by atoms with Crippen molar-refractivity contribution in [3.05, 3.63) is 71.8 Å². The summed E-state index contributed by atoms with van der Waals surface area (Å²) in [6.07, 6.45) is 3.37. The predicted octanol–water partition coefficient (Wildman–Crippen LogP) is 3.10. The third kappa shape index (κ3) is 4.62. The van der Waals surface area contributed by atoms with Crippen LogP contribution in [0.2, 0.25) is 0 Å². The van der Waals surface area contributed by atoms with Gasteiger partial charge in [-0.1, -0.05) is 60.7 Å². The Morgan fingerprint density at radius 2 is 1.54 bits per heavy atom. The highest BCUT2D eigenvalue weighted by Crippen LogP contribution is 2.26. The number of hydrogen-bond acceptors (Lipinski definition) is 3. The second-order valence-corrected chi connectivity index (χ2v) is 8.28. The lowest BCUT2D eigenvalue weighted by Gasteiger charge is -2.35. The summed E-state index contributed by atoms with van der Waals surface area (Å²) in [6.45, 7) is 2.97. The maximum Gasteiger partial charge on any atom is 0.240 e. The van der Waals surface area contributed by atoms with Gasteiger partial charge in [0.15, 0.2) is 0 Å². The fourth-order valence-electron chi connectivity index (χ4n) is 4.64. The number of likely N-dealkylation sites (tertiary alicyclic amines) is 2. The highest BCUT2D eigenvalue weighted by Gasteiger charge is 2.38. The molecule has 2 fully saturated rings. The van der Waals surface area contributed by atoms with E-state index in [0.717, 1.165) is 38.9 Å². The van der Waals surface area contributed by atoms with Crippen molar-refractivity contribution in [1.82, 2.24) is 9.80 Å². The molecule has 2 heterocycles. The van der Waals surface area contributed by atoms with Crippen LogP contribution in [0.15, 0.2) is 60.7 Å². The van der Waals surface area contributed by atoms with E-state index in [9.17, 15) is 9.90 Å². The number of carbonyl (C=O) groups is 1. The highest BCUT2D eigenvalue weighted by molar-refractivity contribution is 5.82. The molecule has 2 saturated heterocycles. The normalized spacial score (nSPS) is 23.8. The number of aliphatic hydroxyl groups excluding tert-OH is 1. The van der Waals surface area contributed by atoms with Crippen molar-refractivity contribution in [3.8, 4) is 0 Å². The number of aliphatic hydroxyl groups is 1. The largest absolute Gasteiger partial charge is 0.392 e. The van der Waals surface area contributed by atoms with Crippen LogP contribution < -0.4 is 0 Å². The molecule has 2 aliphatic heterocycles. The van der Waals surface area contributed by atoms with Crippen LogP contribution >= 0.6 is 0 Å². The molecule has 0 radical (unpaired) electrons. The topological polar surface area (TPSA) is 43.8 Å². The lowest BCUT2D eigenvalue weighted by molar-refractivity contribution is -0.137. The summed E-state index contributed by atoms with van der Waals surface area (Å²) >= 11 is 0. The van der Waals surface area contributed by atoms with E-state index in [1.54, 1.807) is 0 Å². The molecular weight excluding hydrogens is 348 g/mol. The molecule has 0 bridgehead atoms. The number of benzene rings is 2. The van der Waals surface area contributed by atoms with Crippen molar-refractivity contribution in [2.75, 3.05) is 19.6 Å². The van der Waals surface area contributed by atoms with Gasteiger partial charge in [-0.05, 0) is 42.7 Å². The summed E-state index contributed by atoms with van der Waals surface area (Å²) in [4.78, 5) is 17.4. The van der Waals surface area contributed by atoms with E-state index in [0.29, 0.717) is 18.9 Å². The number of rotatable bonds is 5. The second kappa shape index (κ2) is 8.89. The van der Waals surface area contributed by atoms with E-state index < -0.39 is 6.10 Å². The Labute approximate surface area is 167 Å². The molecule has 0 aromatic heterocycles. The van der Waals surface area contributed by atoms with Gasteiger partial charge in [0.25, 0.3) is 0 Å². The molecule has 148 valence electrons. The van der Waals surface area contributed by atoms with Crippen molar-refractivity contribution in [3.63, 3.8) is 0 Å². The Morgan fingerprint density at radius 3 is 2.18 bits per heavy atom. The van der Waals surface area contributed by atoms with E-state index in [1.807, 2.05) is 23.1 Å². The maximum absolute atomic E-state index is 13.2. The van der Waals surface area contributed by atoms with Gasteiger partial charge in [-0.15, -0.1) is 0 Å². The zero-order chi connectivity index (χ0) is 19.3. The Bertz CT molecular complexity index is 757. The molecule has 0 saturated carbocycles. The summed E-state index contributed by atoms with van der Waals surface area (Å²) in [5.41, 5.74) is 2.58. The van der Waals surface area contributed by atoms with Crippen LogP contribution in [0.3, 0.4) is 0 Å². The van der Waals surface area contributed by atoms with Crippen LogP contribution in [0.25, 0.3) is 0 Å². The smallest absolute Gasteiger partial charge is 0.240 e. The molecule has 2 aliphatic rings. The van der Waals surface area contributed by atoms with Crippen molar-refractivity contribution in [2.45, 2.75) is 44.4 Å². The minimum absolute atomic E-state index is 0.194. The molecule has 2 aromatic rings. The number of β-amino-alcohol motifs (C(OH)–C–C–N with tert-alkyl or cyclic N) is 1. The average molecular weight is 379 g/mol. The molecule has 4 heteroatoms. The minimum Gasteiger partial charge on any atom is -0.392 e. The summed E-state index contributed by atoms with van der Waals surface area (Å²) in [5.74, 6) is 0.853. The van der Waals surface area contributed by atoms with Crippen molar-refractivity contribution in [2.24, 2.45) is 5.92 Å². The summed E-state index contributed by atoms with van der Waals surface area (Å²) in [5, 5.41) is 10.2. The predicted molar refractivity (Wildman–Crippen MR) is 111 cm³/mol. The Morgan fingerprint density at radius 1 is 0.929 bits per heavy atom. The van der Waals surface area contributed by atoms with Crippen LogP contribution in [-0.4, -0.2) is 52.6 Å². The molecule has 1 amide bonds. The summed E-state index contributed by atoms with van der Waals surface area (Å²) < 4.78 is 0. The number of nitrogens with zero attached hydrogens (tertiary/aromatic N) is 2. The van der Waals surface area contributed by atoms with Crippen LogP contribution in [0.4, 0.5) is 0 Å². The molecular formula is C24H30N2O2. The molecule has 2 aromatic carbocycles. The molecule has 0 spiro atoms.